The number of piperidine rings is 1. The number of hydrogen-bond donors (Lipinski definition) is 2. The average Bonchev–Trinajstić information content (AvgIpc) is 3.57. The van der Waals surface area contributed by atoms with Crippen LogP contribution in [0.25, 0.3) is 0 Å². The van der Waals surface area contributed by atoms with E-state index in [4.69, 9.17) is 4.74 Å². The summed E-state index contributed by atoms with van der Waals surface area (Å²) < 4.78 is 5.16. The van der Waals surface area contributed by atoms with Crippen LogP contribution in [0.1, 0.15) is 69.2 Å². The van der Waals surface area contributed by atoms with Gasteiger partial charge in [0, 0.05) is 31.6 Å². The lowest BCUT2D eigenvalue weighted by molar-refractivity contribution is -0.120. The second-order valence-electron chi connectivity index (χ2n) is 11.3. The molecule has 0 spiro atoms. The molecule has 3 amide bonds. The maximum absolute atomic E-state index is 13.1. The van der Waals surface area contributed by atoms with E-state index < -0.39 is 4.75 Å². The molecule has 2 saturated carbocycles. The Bertz CT molecular complexity index is 1070. The highest BCUT2D eigenvalue weighted by Gasteiger charge is 2.46. The summed E-state index contributed by atoms with van der Waals surface area (Å²) in [4.78, 5) is 43.3. The predicted molar refractivity (Wildman–Crippen MR) is 145 cm³/mol. The number of aliphatic imine (C=N–C) groups is 1. The van der Waals surface area contributed by atoms with E-state index in [1.165, 1.54) is 32.6 Å². The van der Waals surface area contributed by atoms with Crippen LogP contribution in [-0.4, -0.2) is 64.8 Å². The normalized spacial score (nSPS) is 29.4. The van der Waals surface area contributed by atoms with Gasteiger partial charge in [-0.05, 0) is 81.4 Å². The van der Waals surface area contributed by atoms with Crippen LogP contribution in [0, 0.1) is 17.8 Å². The number of ether oxygens (including phenoxy) is 1. The van der Waals surface area contributed by atoms with Crippen molar-refractivity contribution in [2.75, 3.05) is 26.2 Å². The van der Waals surface area contributed by atoms with Gasteiger partial charge in [-0.3, -0.25) is 14.4 Å². The van der Waals surface area contributed by atoms with Crippen molar-refractivity contribution in [2.45, 2.75) is 69.6 Å². The molecule has 1 aromatic rings. The number of nitrogens with zero attached hydrogens (tertiary/aromatic N) is 2. The molecule has 8 nitrogen and oxygen atoms in total. The van der Waals surface area contributed by atoms with E-state index in [-0.39, 0.29) is 17.7 Å². The standard InChI is InChI=1S/C28H38N4O4S/c1-18(33)29-10-13-36-23-5-3-4-22(16-23)25(34)32-11-8-19(9-12-32)17-28(2)26(35)31-27(37-28)30-24-15-20-6-7-21(24)14-20/h3-5,16,19-21,24H,6-15,17H2,1-2H3,(H,29,33)(H,30,31,35)/t20-,21-,24-,28?/m0/s1. The van der Waals surface area contributed by atoms with E-state index in [1.807, 2.05) is 30.0 Å². The SMILES string of the molecule is CC(=O)NCCOc1cccc(C(=O)N2CCC(CC3(C)SC(N[C@H]4C[C@H]5CC[C@H]4C5)=NC3=O)CC2)c1. The van der Waals surface area contributed by atoms with Crippen LogP contribution in [0.15, 0.2) is 29.3 Å². The van der Waals surface area contributed by atoms with Crippen LogP contribution < -0.4 is 15.4 Å². The zero-order valence-corrected chi connectivity index (χ0v) is 22.6. The highest BCUT2D eigenvalue weighted by atomic mass is 32.2. The van der Waals surface area contributed by atoms with Gasteiger partial charge in [-0.15, -0.1) is 0 Å². The Kier molecular flexibility index (Phi) is 7.79. The number of carbonyl (C=O) groups is 3. The summed E-state index contributed by atoms with van der Waals surface area (Å²) in [5.41, 5.74) is 0.605. The Labute approximate surface area is 223 Å². The van der Waals surface area contributed by atoms with E-state index >= 15 is 0 Å². The third-order valence-corrected chi connectivity index (χ3v) is 9.62. The maximum atomic E-state index is 13.1. The molecule has 1 unspecified atom stereocenters. The van der Waals surface area contributed by atoms with Crippen molar-refractivity contribution in [2.24, 2.45) is 22.7 Å². The second-order valence-corrected chi connectivity index (χ2v) is 12.8. The Morgan fingerprint density at radius 3 is 2.70 bits per heavy atom. The fraction of sp³-hybridized carbons (Fsp3) is 0.643. The zero-order valence-electron chi connectivity index (χ0n) is 21.8. The Balaban J connectivity index is 1.08. The Hall–Kier alpha value is -2.55. The summed E-state index contributed by atoms with van der Waals surface area (Å²) >= 11 is 1.62. The predicted octanol–water partition coefficient (Wildman–Crippen LogP) is 3.61. The van der Waals surface area contributed by atoms with E-state index in [1.54, 1.807) is 17.8 Å². The highest BCUT2D eigenvalue weighted by molar-refractivity contribution is 8.16. The van der Waals surface area contributed by atoms with E-state index in [0.29, 0.717) is 49.5 Å². The van der Waals surface area contributed by atoms with Crippen molar-refractivity contribution >= 4 is 34.7 Å². The quantitative estimate of drug-likeness (QED) is 0.502. The molecule has 4 aliphatic rings. The first-order chi connectivity index (χ1) is 17.8. The first kappa shape index (κ1) is 26.1. The van der Waals surface area contributed by atoms with Gasteiger partial charge in [0.2, 0.25) is 5.91 Å². The topological polar surface area (TPSA) is 100 Å². The molecule has 4 atom stereocenters. The van der Waals surface area contributed by atoms with Crippen molar-refractivity contribution in [1.82, 2.24) is 15.5 Å². The number of amidine groups is 1. The van der Waals surface area contributed by atoms with E-state index in [0.717, 1.165) is 36.3 Å². The molecular weight excluding hydrogens is 488 g/mol. The lowest BCUT2D eigenvalue weighted by Crippen LogP contribution is -2.41. The lowest BCUT2D eigenvalue weighted by Gasteiger charge is -2.35. The Morgan fingerprint density at radius 1 is 1.19 bits per heavy atom. The van der Waals surface area contributed by atoms with Crippen LogP contribution in [-0.2, 0) is 9.59 Å². The number of hydrogen-bond acceptors (Lipinski definition) is 6. The van der Waals surface area contributed by atoms with Crippen LogP contribution in [0.5, 0.6) is 5.75 Å². The van der Waals surface area contributed by atoms with Crippen molar-refractivity contribution in [3.8, 4) is 5.75 Å². The van der Waals surface area contributed by atoms with Crippen LogP contribution in [0.2, 0.25) is 0 Å². The number of nitrogens with one attached hydrogen (secondary N) is 2. The number of amides is 3. The molecular formula is C28H38N4O4S. The summed E-state index contributed by atoms with van der Waals surface area (Å²) in [6.07, 6.45) is 7.77. The molecule has 0 radical (unpaired) electrons. The summed E-state index contributed by atoms with van der Waals surface area (Å²) in [6, 6.07) is 7.69. The van der Waals surface area contributed by atoms with Gasteiger partial charge < -0.3 is 20.3 Å². The van der Waals surface area contributed by atoms with Crippen molar-refractivity contribution in [3.63, 3.8) is 0 Å². The smallest absolute Gasteiger partial charge is 0.264 e. The fourth-order valence-electron chi connectivity index (χ4n) is 6.45. The molecule has 1 aromatic carbocycles. The monoisotopic (exact) mass is 526 g/mol. The van der Waals surface area contributed by atoms with Crippen molar-refractivity contribution in [1.29, 1.82) is 0 Å². The highest BCUT2D eigenvalue weighted by Crippen LogP contribution is 2.46. The number of likely N-dealkylation sites (tertiary alicyclic amines) is 1. The molecule has 5 rings (SSSR count). The largest absolute Gasteiger partial charge is 0.492 e. The van der Waals surface area contributed by atoms with E-state index in [2.05, 4.69) is 15.6 Å². The number of rotatable bonds is 8. The minimum absolute atomic E-state index is 0.00368. The molecule has 3 fully saturated rings. The number of benzene rings is 1. The third-order valence-electron chi connectivity index (χ3n) is 8.43. The summed E-state index contributed by atoms with van der Waals surface area (Å²) in [7, 11) is 0. The fourth-order valence-corrected chi connectivity index (χ4v) is 7.67. The lowest BCUT2D eigenvalue weighted by atomic mass is 9.87. The molecule has 37 heavy (non-hydrogen) atoms. The minimum Gasteiger partial charge on any atom is -0.492 e. The molecule has 200 valence electrons. The average molecular weight is 527 g/mol. The molecule has 0 aromatic heterocycles. The Morgan fingerprint density at radius 2 is 2.00 bits per heavy atom. The van der Waals surface area contributed by atoms with Gasteiger partial charge in [0.05, 0.1) is 6.54 Å². The van der Waals surface area contributed by atoms with Crippen LogP contribution in [0.4, 0.5) is 0 Å². The van der Waals surface area contributed by atoms with Gasteiger partial charge in [0.15, 0.2) is 5.17 Å². The van der Waals surface area contributed by atoms with Gasteiger partial charge in [0.25, 0.3) is 11.8 Å². The van der Waals surface area contributed by atoms with Gasteiger partial charge in [-0.1, -0.05) is 24.2 Å². The molecule has 2 aliphatic carbocycles. The molecule has 2 bridgehead atoms. The first-order valence-electron chi connectivity index (χ1n) is 13.6. The van der Waals surface area contributed by atoms with Crippen molar-refractivity contribution in [3.05, 3.63) is 29.8 Å². The van der Waals surface area contributed by atoms with Crippen LogP contribution >= 0.6 is 11.8 Å². The van der Waals surface area contributed by atoms with Crippen LogP contribution in [0.3, 0.4) is 0 Å². The summed E-state index contributed by atoms with van der Waals surface area (Å²) in [5, 5.41) is 7.12. The van der Waals surface area contributed by atoms with Gasteiger partial charge >= 0.3 is 0 Å². The minimum atomic E-state index is -0.514. The molecule has 2 N–H and O–H groups in total. The van der Waals surface area contributed by atoms with E-state index in [9.17, 15) is 14.4 Å². The van der Waals surface area contributed by atoms with Gasteiger partial charge in [0.1, 0.15) is 17.1 Å². The number of fused-ring (bicyclic) bond motifs is 2. The number of thioether (sulfide) groups is 1. The first-order valence-corrected chi connectivity index (χ1v) is 14.5. The third kappa shape index (κ3) is 6.13. The molecule has 9 heteroatoms. The van der Waals surface area contributed by atoms with Gasteiger partial charge in [-0.25, -0.2) is 0 Å². The van der Waals surface area contributed by atoms with Crippen molar-refractivity contribution < 1.29 is 19.1 Å². The maximum Gasteiger partial charge on any atom is 0.264 e. The summed E-state index contributed by atoms with van der Waals surface area (Å²) in [6.45, 7) is 5.64. The molecule has 2 aliphatic heterocycles. The molecule has 1 saturated heterocycles. The number of carbonyl (C=O) groups excluding carboxylic acids is 3. The second kappa shape index (κ2) is 11.1. The summed E-state index contributed by atoms with van der Waals surface area (Å²) in [5.74, 6) is 2.50. The zero-order chi connectivity index (χ0) is 26.0. The molecule has 2 heterocycles. The van der Waals surface area contributed by atoms with Gasteiger partial charge in [-0.2, -0.15) is 4.99 Å².